The number of morpholine rings is 1. The molecule has 0 amide bonds. The molecule has 1 atom stereocenters. The van der Waals surface area contributed by atoms with Crippen molar-refractivity contribution in [3.63, 3.8) is 0 Å². The van der Waals surface area contributed by atoms with Crippen molar-refractivity contribution in [1.82, 2.24) is 9.36 Å². The van der Waals surface area contributed by atoms with E-state index in [9.17, 15) is 0 Å². The van der Waals surface area contributed by atoms with Crippen LogP contribution in [0.2, 0.25) is 0 Å². The van der Waals surface area contributed by atoms with Gasteiger partial charge in [0.1, 0.15) is 5.82 Å². The minimum atomic E-state index is 0.428. The van der Waals surface area contributed by atoms with E-state index in [0.717, 1.165) is 43.6 Å². The Kier molecular flexibility index (Phi) is 5.54. The molecule has 108 valence electrons. The Bertz CT molecular complexity index is 384. The highest BCUT2D eigenvalue weighted by Crippen LogP contribution is 2.25. The molecule has 1 fully saturated rings. The number of hydrogen-bond donors (Lipinski definition) is 0. The molecular weight excluding hydrogens is 262 g/mol. The topological polar surface area (TPSA) is 47.5 Å². The lowest BCUT2D eigenvalue weighted by molar-refractivity contribution is 0.0877. The summed E-state index contributed by atoms with van der Waals surface area (Å²) < 4.78 is 15.1. The standard InChI is InChI=1S/C13H23N3O2S/c1-10(2)8-11-9-18-7-5-16(11)13-14-12(15-19-13)4-6-17-3/h10-11H,4-9H2,1-3H3. The number of methoxy groups -OCH3 is 1. The lowest BCUT2D eigenvalue weighted by Gasteiger charge is -2.36. The number of aromatic nitrogens is 2. The molecule has 0 saturated carbocycles. The van der Waals surface area contributed by atoms with Gasteiger partial charge in [-0.2, -0.15) is 4.37 Å². The van der Waals surface area contributed by atoms with E-state index in [-0.39, 0.29) is 0 Å². The summed E-state index contributed by atoms with van der Waals surface area (Å²) in [5.41, 5.74) is 0. The number of ether oxygens (including phenoxy) is 2. The summed E-state index contributed by atoms with van der Waals surface area (Å²) in [6, 6.07) is 0.428. The summed E-state index contributed by atoms with van der Waals surface area (Å²) in [4.78, 5) is 6.99. The van der Waals surface area contributed by atoms with Crippen molar-refractivity contribution in [3.8, 4) is 0 Å². The molecule has 1 aliphatic rings. The summed E-state index contributed by atoms with van der Waals surface area (Å²) in [6.07, 6.45) is 1.92. The highest BCUT2D eigenvalue weighted by Gasteiger charge is 2.26. The van der Waals surface area contributed by atoms with Crippen LogP contribution in [0, 0.1) is 5.92 Å². The highest BCUT2D eigenvalue weighted by molar-refractivity contribution is 7.09. The second-order valence-electron chi connectivity index (χ2n) is 5.29. The van der Waals surface area contributed by atoms with Crippen molar-refractivity contribution in [3.05, 3.63) is 5.82 Å². The van der Waals surface area contributed by atoms with Gasteiger partial charge in [0.25, 0.3) is 0 Å². The SMILES string of the molecule is COCCc1nsc(N2CCOCC2CC(C)C)n1. The van der Waals surface area contributed by atoms with E-state index >= 15 is 0 Å². The van der Waals surface area contributed by atoms with Gasteiger partial charge in [-0.1, -0.05) is 13.8 Å². The summed E-state index contributed by atoms with van der Waals surface area (Å²) in [7, 11) is 1.70. The van der Waals surface area contributed by atoms with Crippen LogP contribution >= 0.6 is 11.5 Å². The maximum absolute atomic E-state index is 5.60. The summed E-state index contributed by atoms with van der Waals surface area (Å²) in [5, 5.41) is 1.03. The molecule has 5 nitrogen and oxygen atoms in total. The minimum Gasteiger partial charge on any atom is -0.384 e. The minimum absolute atomic E-state index is 0.428. The normalized spacial score (nSPS) is 20.2. The van der Waals surface area contributed by atoms with Gasteiger partial charge in [0.15, 0.2) is 0 Å². The fourth-order valence-corrected chi connectivity index (χ4v) is 3.11. The van der Waals surface area contributed by atoms with Crippen molar-refractivity contribution in [2.75, 3.05) is 38.4 Å². The number of hydrogen-bond acceptors (Lipinski definition) is 6. The van der Waals surface area contributed by atoms with Crippen LogP contribution in [-0.2, 0) is 15.9 Å². The molecule has 2 rings (SSSR count). The predicted molar refractivity (Wildman–Crippen MR) is 76.9 cm³/mol. The average Bonchev–Trinajstić information content (AvgIpc) is 2.85. The van der Waals surface area contributed by atoms with Gasteiger partial charge in [0, 0.05) is 31.6 Å². The number of anilines is 1. The number of nitrogens with zero attached hydrogens (tertiary/aromatic N) is 3. The summed E-state index contributed by atoms with van der Waals surface area (Å²) in [6.45, 7) is 7.66. The molecule has 0 spiro atoms. The molecule has 2 heterocycles. The molecular formula is C13H23N3O2S. The van der Waals surface area contributed by atoms with Gasteiger partial charge in [-0.25, -0.2) is 4.98 Å². The molecule has 1 unspecified atom stereocenters. The van der Waals surface area contributed by atoms with Crippen molar-refractivity contribution in [1.29, 1.82) is 0 Å². The molecule has 0 bridgehead atoms. The van der Waals surface area contributed by atoms with E-state index in [1.54, 1.807) is 7.11 Å². The Morgan fingerprint density at radius 3 is 3.11 bits per heavy atom. The zero-order valence-corrected chi connectivity index (χ0v) is 12.8. The maximum atomic E-state index is 5.60. The van der Waals surface area contributed by atoms with E-state index in [1.807, 2.05) is 0 Å². The first-order valence-corrected chi connectivity index (χ1v) is 7.64. The molecule has 0 aliphatic carbocycles. The number of rotatable bonds is 6. The van der Waals surface area contributed by atoms with Crippen LogP contribution in [0.3, 0.4) is 0 Å². The van der Waals surface area contributed by atoms with Crippen LogP contribution in [0.25, 0.3) is 0 Å². The maximum Gasteiger partial charge on any atom is 0.205 e. The third-order valence-corrected chi connectivity index (χ3v) is 4.00. The van der Waals surface area contributed by atoms with Gasteiger partial charge in [-0.05, 0) is 12.3 Å². The molecule has 0 N–H and O–H groups in total. The Labute approximate surface area is 119 Å². The van der Waals surface area contributed by atoms with Crippen molar-refractivity contribution in [2.24, 2.45) is 5.92 Å². The van der Waals surface area contributed by atoms with E-state index in [0.29, 0.717) is 18.6 Å². The van der Waals surface area contributed by atoms with Gasteiger partial charge in [0.05, 0.1) is 25.9 Å². The quantitative estimate of drug-likeness (QED) is 0.800. The molecule has 1 aromatic heterocycles. The van der Waals surface area contributed by atoms with E-state index in [4.69, 9.17) is 9.47 Å². The zero-order valence-electron chi connectivity index (χ0n) is 12.0. The monoisotopic (exact) mass is 285 g/mol. The zero-order chi connectivity index (χ0) is 13.7. The van der Waals surface area contributed by atoms with Crippen LogP contribution in [0.4, 0.5) is 5.13 Å². The van der Waals surface area contributed by atoms with Crippen LogP contribution in [0.5, 0.6) is 0 Å². The fraction of sp³-hybridized carbons (Fsp3) is 0.846. The average molecular weight is 285 g/mol. The van der Waals surface area contributed by atoms with Gasteiger partial charge in [-0.3, -0.25) is 0 Å². The van der Waals surface area contributed by atoms with Crippen LogP contribution < -0.4 is 4.90 Å². The molecule has 1 aromatic rings. The lowest BCUT2D eigenvalue weighted by atomic mass is 10.0. The Morgan fingerprint density at radius 1 is 1.53 bits per heavy atom. The van der Waals surface area contributed by atoms with Crippen LogP contribution in [0.15, 0.2) is 0 Å². The van der Waals surface area contributed by atoms with Gasteiger partial charge in [-0.15, -0.1) is 0 Å². The van der Waals surface area contributed by atoms with E-state index < -0.39 is 0 Å². The van der Waals surface area contributed by atoms with Crippen molar-refractivity contribution >= 4 is 16.7 Å². The van der Waals surface area contributed by atoms with E-state index in [2.05, 4.69) is 28.1 Å². The highest BCUT2D eigenvalue weighted by atomic mass is 32.1. The second kappa shape index (κ2) is 7.17. The summed E-state index contributed by atoms with van der Waals surface area (Å²) >= 11 is 1.49. The Hall–Kier alpha value is -0.720. The molecule has 1 saturated heterocycles. The Balaban J connectivity index is 2.02. The predicted octanol–water partition coefficient (Wildman–Crippen LogP) is 1.98. The fourth-order valence-electron chi connectivity index (χ4n) is 2.30. The lowest BCUT2D eigenvalue weighted by Crippen LogP contribution is -2.46. The Morgan fingerprint density at radius 2 is 2.37 bits per heavy atom. The van der Waals surface area contributed by atoms with E-state index in [1.165, 1.54) is 11.5 Å². The first-order valence-electron chi connectivity index (χ1n) is 6.86. The molecule has 19 heavy (non-hydrogen) atoms. The first kappa shape index (κ1) is 14.7. The molecule has 6 heteroatoms. The van der Waals surface area contributed by atoms with Crippen molar-refractivity contribution < 1.29 is 9.47 Å². The van der Waals surface area contributed by atoms with Gasteiger partial charge in [0.2, 0.25) is 5.13 Å². The van der Waals surface area contributed by atoms with Crippen LogP contribution in [-0.4, -0.2) is 48.9 Å². The molecule has 0 aromatic carbocycles. The third kappa shape index (κ3) is 4.12. The molecule has 0 radical (unpaired) electrons. The van der Waals surface area contributed by atoms with Gasteiger partial charge >= 0.3 is 0 Å². The smallest absolute Gasteiger partial charge is 0.205 e. The van der Waals surface area contributed by atoms with Crippen LogP contribution in [0.1, 0.15) is 26.1 Å². The first-order chi connectivity index (χ1) is 9.20. The third-order valence-electron chi connectivity index (χ3n) is 3.20. The van der Waals surface area contributed by atoms with Crippen molar-refractivity contribution in [2.45, 2.75) is 32.7 Å². The second-order valence-corrected chi connectivity index (χ2v) is 6.02. The summed E-state index contributed by atoms with van der Waals surface area (Å²) in [5.74, 6) is 1.55. The largest absolute Gasteiger partial charge is 0.384 e. The van der Waals surface area contributed by atoms with Gasteiger partial charge < -0.3 is 14.4 Å². The molecule has 1 aliphatic heterocycles.